The number of furan rings is 1. The zero-order valence-electron chi connectivity index (χ0n) is 13.9. The number of hydrogen-bond donors (Lipinski definition) is 0. The third-order valence-electron chi connectivity index (χ3n) is 3.98. The molecule has 24 heavy (non-hydrogen) atoms. The molecule has 1 aliphatic rings. The molecule has 0 radical (unpaired) electrons. The van der Waals surface area contributed by atoms with Gasteiger partial charge in [0.05, 0.1) is 20.3 Å². The standard InChI is InChI=1S/C16H21N3O4S/c1-13-3-4-14(23-13)12-18(2)16-6-5-15(11-17-16)24(20,21)19-7-9-22-10-8-19/h3-6,11H,7-10,12H2,1-2H3/p+1. The van der Waals surface area contributed by atoms with Gasteiger partial charge in [-0.15, -0.1) is 0 Å². The van der Waals surface area contributed by atoms with E-state index in [1.807, 2.05) is 31.0 Å². The first-order chi connectivity index (χ1) is 11.5. The Hall–Kier alpha value is -1.90. The van der Waals surface area contributed by atoms with E-state index in [0.717, 1.165) is 17.3 Å². The second-order valence-corrected chi connectivity index (χ2v) is 7.73. The summed E-state index contributed by atoms with van der Waals surface area (Å²) in [6, 6.07) is 7.25. The second kappa shape index (κ2) is 6.92. The number of rotatable bonds is 5. The molecule has 1 saturated heterocycles. The first-order valence-corrected chi connectivity index (χ1v) is 9.27. The number of H-pyrrole nitrogens is 1. The monoisotopic (exact) mass is 352 g/mol. The number of pyridine rings is 1. The lowest BCUT2D eigenvalue weighted by Gasteiger charge is -2.25. The van der Waals surface area contributed by atoms with Gasteiger partial charge < -0.3 is 9.15 Å². The number of morpholine rings is 1. The smallest absolute Gasteiger partial charge is 0.274 e. The Morgan fingerprint density at radius 1 is 1.21 bits per heavy atom. The zero-order chi connectivity index (χ0) is 17.2. The van der Waals surface area contributed by atoms with Gasteiger partial charge in [0.2, 0.25) is 10.0 Å². The Kier molecular flexibility index (Phi) is 4.88. The highest BCUT2D eigenvalue weighted by atomic mass is 32.2. The van der Waals surface area contributed by atoms with Crippen molar-refractivity contribution >= 4 is 15.8 Å². The molecular formula is C16H22N3O4S+. The van der Waals surface area contributed by atoms with E-state index in [2.05, 4.69) is 4.98 Å². The van der Waals surface area contributed by atoms with Gasteiger partial charge in [0, 0.05) is 19.2 Å². The quantitative estimate of drug-likeness (QED) is 0.804. The summed E-state index contributed by atoms with van der Waals surface area (Å²) in [6.07, 6.45) is 1.53. The van der Waals surface area contributed by atoms with Crippen molar-refractivity contribution in [2.75, 3.05) is 38.3 Å². The van der Waals surface area contributed by atoms with Gasteiger partial charge in [-0.1, -0.05) is 0 Å². The van der Waals surface area contributed by atoms with Gasteiger partial charge >= 0.3 is 0 Å². The molecule has 0 unspecified atom stereocenters. The average Bonchev–Trinajstić information content (AvgIpc) is 3.00. The van der Waals surface area contributed by atoms with Gasteiger partial charge in [-0.3, -0.25) is 4.90 Å². The number of anilines is 1. The highest BCUT2D eigenvalue weighted by Crippen LogP contribution is 2.18. The van der Waals surface area contributed by atoms with Crippen molar-refractivity contribution in [1.82, 2.24) is 4.31 Å². The molecule has 1 N–H and O–H groups in total. The van der Waals surface area contributed by atoms with E-state index >= 15 is 0 Å². The number of aromatic nitrogens is 1. The Labute approximate surface area is 141 Å². The van der Waals surface area contributed by atoms with Crippen molar-refractivity contribution in [2.24, 2.45) is 0 Å². The summed E-state index contributed by atoms with van der Waals surface area (Å²) in [7, 11) is -1.56. The molecule has 8 heteroatoms. The predicted molar refractivity (Wildman–Crippen MR) is 88.1 cm³/mol. The molecule has 0 spiro atoms. The van der Waals surface area contributed by atoms with Crippen LogP contribution in [0.2, 0.25) is 0 Å². The summed E-state index contributed by atoms with van der Waals surface area (Å²) < 4.78 is 37.4. The molecule has 7 nitrogen and oxygen atoms in total. The average molecular weight is 352 g/mol. The molecule has 0 aliphatic carbocycles. The fourth-order valence-corrected chi connectivity index (χ4v) is 4.00. The Balaban J connectivity index is 1.72. The Morgan fingerprint density at radius 3 is 2.54 bits per heavy atom. The minimum atomic E-state index is -3.47. The normalized spacial score (nSPS) is 16.2. The van der Waals surface area contributed by atoms with Crippen LogP contribution in [0.4, 0.5) is 5.82 Å². The molecule has 3 heterocycles. The fourth-order valence-electron chi connectivity index (χ4n) is 2.63. The van der Waals surface area contributed by atoms with Crippen molar-refractivity contribution in [3.05, 3.63) is 42.0 Å². The number of nitrogens with zero attached hydrogens (tertiary/aromatic N) is 2. The number of ether oxygens (including phenoxy) is 1. The molecule has 2 aromatic rings. The molecule has 3 rings (SSSR count). The fraction of sp³-hybridized carbons (Fsp3) is 0.438. The van der Waals surface area contributed by atoms with Crippen LogP contribution in [-0.2, 0) is 21.3 Å². The number of aryl methyl sites for hydroxylation is 1. The summed E-state index contributed by atoms with van der Waals surface area (Å²) >= 11 is 0. The van der Waals surface area contributed by atoms with Crippen LogP contribution < -0.4 is 9.88 Å². The first-order valence-electron chi connectivity index (χ1n) is 7.83. The van der Waals surface area contributed by atoms with Crippen LogP contribution >= 0.6 is 0 Å². The highest BCUT2D eigenvalue weighted by molar-refractivity contribution is 7.89. The van der Waals surface area contributed by atoms with E-state index in [4.69, 9.17) is 9.15 Å². The second-order valence-electron chi connectivity index (χ2n) is 5.79. The molecule has 0 bridgehead atoms. The maximum Gasteiger partial charge on any atom is 0.274 e. The molecule has 0 amide bonds. The van der Waals surface area contributed by atoms with E-state index in [1.165, 1.54) is 10.5 Å². The summed E-state index contributed by atoms with van der Waals surface area (Å²) in [5.74, 6) is 2.53. The van der Waals surface area contributed by atoms with Gasteiger partial charge in [-0.2, -0.15) is 4.31 Å². The van der Waals surface area contributed by atoms with Crippen molar-refractivity contribution < 1.29 is 22.6 Å². The first kappa shape index (κ1) is 16.9. The number of sulfonamides is 1. The minimum Gasteiger partial charge on any atom is -0.462 e. The van der Waals surface area contributed by atoms with Gasteiger partial charge in [0.25, 0.3) is 5.82 Å². The molecule has 1 aliphatic heterocycles. The van der Waals surface area contributed by atoms with E-state index in [1.54, 1.807) is 12.1 Å². The number of aromatic amines is 1. The van der Waals surface area contributed by atoms with Crippen LogP contribution in [0, 0.1) is 6.92 Å². The van der Waals surface area contributed by atoms with Crippen LogP contribution in [0.5, 0.6) is 0 Å². The molecule has 130 valence electrons. The van der Waals surface area contributed by atoms with Crippen molar-refractivity contribution in [3.8, 4) is 0 Å². The maximum absolute atomic E-state index is 12.6. The molecule has 0 saturated carbocycles. The number of hydrogen-bond acceptors (Lipinski definition) is 5. The summed E-state index contributed by atoms with van der Waals surface area (Å²) in [4.78, 5) is 5.28. The summed E-state index contributed by atoms with van der Waals surface area (Å²) in [5.41, 5.74) is 0. The van der Waals surface area contributed by atoms with E-state index in [-0.39, 0.29) is 4.90 Å². The van der Waals surface area contributed by atoms with Crippen molar-refractivity contribution in [2.45, 2.75) is 18.4 Å². The van der Waals surface area contributed by atoms with Crippen molar-refractivity contribution in [3.63, 3.8) is 0 Å². The molecular weight excluding hydrogens is 330 g/mol. The number of nitrogens with one attached hydrogen (secondary N) is 1. The highest BCUT2D eigenvalue weighted by Gasteiger charge is 2.27. The SMILES string of the molecule is Cc1ccc(CN(C)c2ccc(S(=O)(=O)N3CCOCC3)c[nH+]2)o1. The maximum atomic E-state index is 12.6. The van der Waals surface area contributed by atoms with Crippen LogP contribution in [0.3, 0.4) is 0 Å². The molecule has 0 atom stereocenters. The van der Waals surface area contributed by atoms with Gasteiger partial charge in [-0.05, 0) is 25.1 Å². The zero-order valence-corrected chi connectivity index (χ0v) is 14.7. The van der Waals surface area contributed by atoms with E-state index < -0.39 is 10.0 Å². The van der Waals surface area contributed by atoms with Crippen molar-refractivity contribution in [1.29, 1.82) is 0 Å². The van der Waals surface area contributed by atoms with E-state index in [9.17, 15) is 8.42 Å². The van der Waals surface area contributed by atoms with Gasteiger partial charge in [-0.25, -0.2) is 13.4 Å². The predicted octanol–water partition coefficient (Wildman–Crippen LogP) is 1.06. The van der Waals surface area contributed by atoms with Gasteiger partial charge in [0.15, 0.2) is 0 Å². The largest absolute Gasteiger partial charge is 0.462 e. The lowest BCUT2D eigenvalue weighted by atomic mass is 10.4. The van der Waals surface area contributed by atoms with Crippen LogP contribution in [0.25, 0.3) is 0 Å². The Bertz CT molecular complexity index is 780. The summed E-state index contributed by atoms with van der Waals surface area (Å²) in [6.45, 7) is 4.16. The lowest BCUT2D eigenvalue weighted by molar-refractivity contribution is -0.367. The van der Waals surface area contributed by atoms with Crippen LogP contribution in [-0.4, -0.2) is 46.1 Å². The molecule has 1 fully saturated rings. The van der Waals surface area contributed by atoms with Crippen LogP contribution in [0.1, 0.15) is 11.5 Å². The topological polar surface area (TPSA) is 77.1 Å². The molecule has 0 aromatic carbocycles. The van der Waals surface area contributed by atoms with E-state index in [0.29, 0.717) is 32.8 Å². The van der Waals surface area contributed by atoms with Gasteiger partial charge in [0.1, 0.15) is 29.2 Å². The van der Waals surface area contributed by atoms with Crippen LogP contribution in [0.15, 0.2) is 39.8 Å². The minimum absolute atomic E-state index is 0.260. The Morgan fingerprint density at radius 2 is 1.96 bits per heavy atom. The third-order valence-corrected chi connectivity index (χ3v) is 5.87. The third kappa shape index (κ3) is 3.61. The lowest BCUT2D eigenvalue weighted by Crippen LogP contribution is -2.41. The summed E-state index contributed by atoms with van der Waals surface area (Å²) in [5, 5.41) is 0. The molecule has 2 aromatic heterocycles.